The van der Waals surface area contributed by atoms with Crippen LogP contribution in [-0.4, -0.2) is 94.4 Å². The quantitative estimate of drug-likeness (QED) is 0.560. The maximum atomic E-state index is 13.5. The number of hydrogen-bond donors (Lipinski definition) is 0. The van der Waals surface area contributed by atoms with E-state index in [9.17, 15) is 14.4 Å². The Morgan fingerprint density at radius 2 is 1.75 bits per heavy atom. The fourth-order valence-corrected chi connectivity index (χ4v) is 4.95. The molecule has 3 aliphatic rings. The molecule has 3 fully saturated rings. The van der Waals surface area contributed by atoms with Crippen LogP contribution in [0.3, 0.4) is 0 Å². The second-order valence-electron chi connectivity index (χ2n) is 10.4. The Morgan fingerprint density at radius 3 is 2.47 bits per heavy atom. The monoisotopic (exact) mass is 493 g/mol. The normalized spacial score (nSPS) is 20.9. The molecule has 0 radical (unpaired) electrons. The number of ether oxygens (including phenoxy) is 1. The van der Waals surface area contributed by atoms with Gasteiger partial charge in [-0.05, 0) is 63.6 Å². The fourth-order valence-electron chi connectivity index (χ4n) is 4.95. The van der Waals surface area contributed by atoms with E-state index in [0.717, 1.165) is 36.3 Å². The lowest BCUT2D eigenvalue weighted by Crippen LogP contribution is -2.40. The van der Waals surface area contributed by atoms with Gasteiger partial charge in [0.15, 0.2) is 0 Å². The molecule has 9 nitrogen and oxygen atoms in total. The molecule has 1 saturated carbocycles. The van der Waals surface area contributed by atoms with Crippen molar-refractivity contribution in [2.75, 3.05) is 45.9 Å². The lowest BCUT2D eigenvalue weighted by molar-refractivity contribution is -0.131. The summed E-state index contributed by atoms with van der Waals surface area (Å²) in [4.78, 5) is 53.1. The van der Waals surface area contributed by atoms with E-state index < -0.39 is 0 Å². The second kappa shape index (κ2) is 10.5. The molecule has 0 bridgehead atoms. The van der Waals surface area contributed by atoms with Gasteiger partial charge in [-0.15, -0.1) is 0 Å². The van der Waals surface area contributed by atoms with Crippen molar-refractivity contribution in [1.82, 2.24) is 24.7 Å². The van der Waals surface area contributed by atoms with E-state index in [1.54, 1.807) is 17.0 Å². The first-order chi connectivity index (χ1) is 17.4. The summed E-state index contributed by atoms with van der Waals surface area (Å²) in [5.41, 5.74) is 3.61. The van der Waals surface area contributed by atoms with Gasteiger partial charge in [0.2, 0.25) is 11.8 Å². The SMILES string of the molecule is Cc1nc2ccc(C(=O)N3CC(=O)N(CCCN4CCCC4=O)C[C@H](OCC4CC4)C3)cc2nc1C. The van der Waals surface area contributed by atoms with E-state index in [1.165, 1.54) is 12.8 Å². The molecule has 36 heavy (non-hydrogen) atoms. The maximum Gasteiger partial charge on any atom is 0.254 e. The number of hydrogen-bond acceptors (Lipinski definition) is 6. The van der Waals surface area contributed by atoms with Gasteiger partial charge in [0.1, 0.15) is 6.54 Å². The van der Waals surface area contributed by atoms with Gasteiger partial charge in [0.25, 0.3) is 5.91 Å². The number of aromatic nitrogens is 2. The first-order valence-electron chi connectivity index (χ1n) is 13.1. The van der Waals surface area contributed by atoms with Crippen molar-refractivity contribution in [2.45, 2.75) is 52.1 Å². The largest absolute Gasteiger partial charge is 0.374 e. The number of carbonyl (C=O) groups is 3. The third-order valence-corrected chi connectivity index (χ3v) is 7.43. The molecule has 0 unspecified atom stereocenters. The summed E-state index contributed by atoms with van der Waals surface area (Å²) in [5.74, 6) is 0.508. The molecule has 3 heterocycles. The highest BCUT2D eigenvalue weighted by molar-refractivity contribution is 5.99. The van der Waals surface area contributed by atoms with Crippen molar-refractivity contribution >= 4 is 28.8 Å². The zero-order valence-corrected chi connectivity index (χ0v) is 21.2. The van der Waals surface area contributed by atoms with Crippen LogP contribution in [0.1, 0.15) is 53.8 Å². The number of nitrogens with zero attached hydrogens (tertiary/aromatic N) is 5. The van der Waals surface area contributed by atoms with Crippen LogP contribution in [0.15, 0.2) is 18.2 Å². The Morgan fingerprint density at radius 1 is 1.00 bits per heavy atom. The van der Waals surface area contributed by atoms with E-state index in [-0.39, 0.29) is 30.4 Å². The molecule has 2 aliphatic heterocycles. The average Bonchev–Trinajstić information content (AvgIpc) is 3.63. The molecule has 1 aromatic heterocycles. The van der Waals surface area contributed by atoms with Crippen LogP contribution in [-0.2, 0) is 14.3 Å². The summed E-state index contributed by atoms with van der Waals surface area (Å²) < 4.78 is 6.20. The van der Waals surface area contributed by atoms with Crippen LogP contribution in [0.2, 0.25) is 0 Å². The summed E-state index contributed by atoms with van der Waals surface area (Å²) in [6.45, 7) is 7.36. The van der Waals surface area contributed by atoms with Crippen molar-refractivity contribution in [3.8, 4) is 0 Å². The van der Waals surface area contributed by atoms with Gasteiger partial charge >= 0.3 is 0 Å². The Kier molecular flexibility index (Phi) is 7.18. The van der Waals surface area contributed by atoms with Crippen molar-refractivity contribution in [1.29, 1.82) is 0 Å². The molecule has 2 saturated heterocycles. The predicted molar refractivity (Wildman–Crippen MR) is 134 cm³/mol. The van der Waals surface area contributed by atoms with Crippen LogP contribution in [0.25, 0.3) is 11.0 Å². The Bertz CT molecular complexity index is 1160. The Balaban J connectivity index is 1.29. The highest BCUT2D eigenvalue weighted by atomic mass is 16.5. The van der Waals surface area contributed by atoms with Gasteiger partial charge in [-0.25, -0.2) is 9.97 Å². The number of aryl methyl sites for hydroxylation is 2. The average molecular weight is 494 g/mol. The number of likely N-dealkylation sites (tertiary alicyclic amines) is 1. The molecule has 1 aromatic carbocycles. The number of amides is 3. The standard InChI is InChI=1S/C27H35N5O4/c1-18-19(2)29-24-13-21(8-9-23(24)28-18)27(35)32-15-22(36-17-20-6-7-20)14-31(26(34)16-32)12-4-11-30-10-3-5-25(30)33/h8-9,13,20,22H,3-7,10-12,14-17H2,1-2H3/t22-/m0/s1. The molecule has 1 atom stereocenters. The summed E-state index contributed by atoms with van der Waals surface area (Å²) in [5, 5.41) is 0. The third kappa shape index (κ3) is 5.67. The topological polar surface area (TPSA) is 95.9 Å². The van der Waals surface area contributed by atoms with Crippen LogP contribution in [0.5, 0.6) is 0 Å². The van der Waals surface area contributed by atoms with E-state index in [1.807, 2.05) is 29.7 Å². The van der Waals surface area contributed by atoms with Crippen molar-refractivity contribution in [3.63, 3.8) is 0 Å². The van der Waals surface area contributed by atoms with Gasteiger partial charge in [0, 0.05) is 51.3 Å². The number of fused-ring (bicyclic) bond motifs is 1. The zero-order chi connectivity index (χ0) is 25.2. The predicted octanol–water partition coefficient (Wildman–Crippen LogP) is 2.34. The van der Waals surface area contributed by atoms with E-state index in [4.69, 9.17) is 4.74 Å². The number of benzene rings is 1. The van der Waals surface area contributed by atoms with Gasteiger partial charge in [-0.1, -0.05) is 0 Å². The molecular formula is C27H35N5O4. The smallest absolute Gasteiger partial charge is 0.254 e. The summed E-state index contributed by atoms with van der Waals surface area (Å²) >= 11 is 0. The maximum absolute atomic E-state index is 13.5. The first-order valence-corrected chi connectivity index (χ1v) is 13.1. The molecule has 0 N–H and O–H groups in total. The second-order valence-corrected chi connectivity index (χ2v) is 10.4. The molecule has 5 rings (SSSR count). The van der Waals surface area contributed by atoms with E-state index in [0.29, 0.717) is 56.2 Å². The van der Waals surface area contributed by atoms with Gasteiger partial charge in [0.05, 0.1) is 28.5 Å². The lowest BCUT2D eigenvalue weighted by Gasteiger charge is -2.25. The number of carbonyl (C=O) groups excluding carboxylic acids is 3. The van der Waals surface area contributed by atoms with Gasteiger partial charge in [-0.2, -0.15) is 0 Å². The van der Waals surface area contributed by atoms with E-state index >= 15 is 0 Å². The first kappa shape index (κ1) is 24.6. The van der Waals surface area contributed by atoms with Crippen LogP contribution in [0.4, 0.5) is 0 Å². The molecular weight excluding hydrogens is 458 g/mol. The van der Waals surface area contributed by atoms with Crippen LogP contribution in [0, 0.1) is 19.8 Å². The summed E-state index contributed by atoms with van der Waals surface area (Å²) in [6, 6.07) is 5.33. The Labute approximate surface area is 211 Å². The van der Waals surface area contributed by atoms with Gasteiger partial charge < -0.3 is 19.4 Å². The Hall–Kier alpha value is -3.07. The lowest BCUT2D eigenvalue weighted by atomic mass is 10.1. The van der Waals surface area contributed by atoms with Gasteiger partial charge in [-0.3, -0.25) is 14.4 Å². The van der Waals surface area contributed by atoms with Crippen molar-refractivity contribution in [2.24, 2.45) is 5.92 Å². The minimum atomic E-state index is -0.237. The molecule has 3 amide bonds. The molecule has 192 valence electrons. The highest BCUT2D eigenvalue weighted by Crippen LogP contribution is 2.29. The van der Waals surface area contributed by atoms with Crippen molar-refractivity contribution in [3.05, 3.63) is 35.2 Å². The highest BCUT2D eigenvalue weighted by Gasteiger charge is 2.33. The molecule has 2 aromatic rings. The van der Waals surface area contributed by atoms with Crippen LogP contribution < -0.4 is 0 Å². The molecule has 0 spiro atoms. The third-order valence-electron chi connectivity index (χ3n) is 7.43. The minimum Gasteiger partial charge on any atom is -0.374 e. The fraction of sp³-hybridized carbons (Fsp3) is 0.593. The van der Waals surface area contributed by atoms with Crippen LogP contribution >= 0.6 is 0 Å². The summed E-state index contributed by atoms with van der Waals surface area (Å²) in [6.07, 6.45) is 4.38. The molecule has 9 heteroatoms. The van der Waals surface area contributed by atoms with Crippen molar-refractivity contribution < 1.29 is 19.1 Å². The minimum absolute atomic E-state index is 0.0153. The summed E-state index contributed by atoms with van der Waals surface area (Å²) in [7, 11) is 0. The molecule has 1 aliphatic carbocycles. The zero-order valence-electron chi connectivity index (χ0n) is 21.2. The van der Waals surface area contributed by atoms with E-state index in [2.05, 4.69) is 9.97 Å². The number of rotatable bonds is 8.